The van der Waals surface area contributed by atoms with E-state index in [2.05, 4.69) is 20.5 Å². The molecule has 0 saturated heterocycles. The Bertz CT molecular complexity index is 1060. The third-order valence-electron chi connectivity index (χ3n) is 4.03. The van der Waals surface area contributed by atoms with Crippen molar-refractivity contribution in [2.45, 2.75) is 5.03 Å². The van der Waals surface area contributed by atoms with Crippen molar-refractivity contribution < 1.29 is 4.79 Å². The molecule has 27 heavy (non-hydrogen) atoms. The lowest BCUT2D eigenvalue weighted by Gasteiger charge is -2.08. The van der Waals surface area contributed by atoms with E-state index in [4.69, 9.17) is 0 Å². The van der Waals surface area contributed by atoms with Crippen molar-refractivity contribution in [3.05, 3.63) is 79.1 Å². The van der Waals surface area contributed by atoms with E-state index in [0.717, 1.165) is 27.7 Å². The van der Waals surface area contributed by atoms with Crippen LogP contribution in [0.3, 0.4) is 0 Å². The summed E-state index contributed by atoms with van der Waals surface area (Å²) in [5.41, 5.74) is 2.56. The molecule has 0 atom stereocenters. The molecule has 0 radical (unpaired) electrons. The monoisotopic (exact) mass is 372 g/mol. The average molecular weight is 372 g/mol. The second-order valence-corrected chi connectivity index (χ2v) is 6.85. The van der Waals surface area contributed by atoms with E-state index in [1.165, 1.54) is 11.8 Å². The van der Waals surface area contributed by atoms with Gasteiger partial charge in [-0.05, 0) is 35.7 Å². The molecule has 4 rings (SSSR count). The average Bonchev–Trinajstić information content (AvgIpc) is 2.74. The summed E-state index contributed by atoms with van der Waals surface area (Å²) in [6.07, 6.45) is 3.44. The number of aromatic nitrogens is 3. The van der Waals surface area contributed by atoms with Crippen LogP contribution in [-0.2, 0) is 4.79 Å². The zero-order chi connectivity index (χ0) is 18.5. The normalized spacial score (nSPS) is 10.7. The number of anilines is 1. The molecule has 2 heterocycles. The molecule has 6 heteroatoms. The minimum atomic E-state index is -0.0728. The Kier molecular flexibility index (Phi) is 5.07. The standard InChI is InChI=1S/C21H16N4OS/c26-20(23-19-7-3-5-15-4-1-2-6-17(15)19)14-27-21-9-8-18(24-25-21)16-10-12-22-13-11-16/h1-13H,14H2,(H,23,26). The highest BCUT2D eigenvalue weighted by Crippen LogP contribution is 2.24. The van der Waals surface area contributed by atoms with Crippen LogP contribution in [0.1, 0.15) is 0 Å². The third kappa shape index (κ3) is 4.12. The summed E-state index contributed by atoms with van der Waals surface area (Å²) in [5, 5.41) is 14.2. The number of fused-ring (bicyclic) bond motifs is 1. The number of benzene rings is 2. The molecule has 2 aromatic heterocycles. The van der Waals surface area contributed by atoms with Gasteiger partial charge in [-0.2, -0.15) is 0 Å². The lowest BCUT2D eigenvalue weighted by atomic mass is 10.1. The van der Waals surface area contributed by atoms with Crippen LogP contribution in [0.2, 0.25) is 0 Å². The summed E-state index contributed by atoms with van der Waals surface area (Å²) >= 11 is 1.36. The second kappa shape index (κ2) is 7.97. The van der Waals surface area contributed by atoms with Crippen molar-refractivity contribution in [3.63, 3.8) is 0 Å². The molecule has 0 saturated carbocycles. The van der Waals surface area contributed by atoms with Gasteiger partial charge in [-0.3, -0.25) is 9.78 Å². The molecule has 2 aromatic carbocycles. The molecular formula is C21H16N4OS. The van der Waals surface area contributed by atoms with Crippen LogP contribution in [0, 0.1) is 0 Å². The summed E-state index contributed by atoms with van der Waals surface area (Å²) < 4.78 is 0. The highest BCUT2D eigenvalue weighted by molar-refractivity contribution is 7.99. The first kappa shape index (κ1) is 17.2. The Hall–Kier alpha value is -3.25. The summed E-state index contributed by atoms with van der Waals surface area (Å²) in [4.78, 5) is 16.3. The fourth-order valence-electron chi connectivity index (χ4n) is 2.73. The zero-order valence-corrected chi connectivity index (χ0v) is 15.2. The van der Waals surface area contributed by atoms with Gasteiger partial charge in [0.2, 0.25) is 5.91 Å². The lowest BCUT2D eigenvalue weighted by Crippen LogP contribution is -2.14. The van der Waals surface area contributed by atoms with E-state index < -0.39 is 0 Å². The van der Waals surface area contributed by atoms with Crippen molar-refractivity contribution in [2.75, 3.05) is 11.1 Å². The molecule has 0 aliphatic carbocycles. The Balaban J connectivity index is 1.39. The number of hydrogen-bond acceptors (Lipinski definition) is 5. The maximum absolute atomic E-state index is 12.3. The molecule has 1 amide bonds. The number of rotatable bonds is 5. The molecular weight excluding hydrogens is 356 g/mol. The van der Waals surface area contributed by atoms with Crippen LogP contribution in [0.15, 0.2) is 84.1 Å². The Morgan fingerprint density at radius 1 is 0.889 bits per heavy atom. The smallest absolute Gasteiger partial charge is 0.234 e. The van der Waals surface area contributed by atoms with Gasteiger partial charge in [0.05, 0.1) is 11.4 Å². The zero-order valence-electron chi connectivity index (χ0n) is 14.4. The van der Waals surface area contributed by atoms with Crippen LogP contribution in [0.4, 0.5) is 5.69 Å². The van der Waals surface area contributed by atoms with Gasteiger partial charge in [0.15, 0.2) is 0 Å². The predicted octanol–water partition coefficient (Wildman–Crippen LogP) is 4.42. The van der Waals surface area contributed by atoms with E-state index in [1.54, 1.807) is 12.4 Å². The molecule has 0 spiro atoms. The molecule has 5 nitrogen and oxygen atoms in total. The van der Waals surface area contributed by atoms with Crippen LogP contribution in [0.25, 0.3) is 22.0 Å². The Morgan fingerprint density at radius 3 is 2.52 bits per heavy atom. The first-order chi connectivity index (χ1) is 13.3. The van der Waals surface area contributed by atoms with Crippen molar-refractivity contribution in [3.8, 4) is 11.3 Å². The number of nitrogens with zero attached hydrogens (tertiary/aromatic N) is 3. The minimum Gasteiger partial charge on any atom is -0.325 e. The van der Waals surface area contributed by atoms with Crippen molar-refractivity contribution in [1.29, 1.82) is 0 Å². The van der Waals surface area contributed by atoms with E-state index in [1.807, 2.05) is 66.7 Å². The maximum atomic E-state index is 12.3. The van der Waals surface area contributed by atoms with E-state index in [0.29, 0.717) is 5.03 Å². The second-order valence-electron chi connectivity index (χ2n) is 5.86. The van der Waals surface area contributed by atoms with Crippen molar-refractivity contribution >= 4 is 34.1 Å². The molecule has 132 valence electrons. The lowest BCUT2D eigenvalue weighted by molar-refractivity contribution is -0.113. The van der Waals surface area contributed by atoms with Gasteiger partial charge < -0.3 is 5.32 Å². The van der Waals surface area contributed by atoms with E-state index >= 15 is 0 Å². The van der Waals surface area contributed by atoms with Crippen molar-refractivity contribution in [2.24, 2.45) is 0 Å². The van der Waals surface area contributed by atoms with Gasteiger partial charge in [0.1, 0.15) is 5.03 Å². The van der Waals surface area contributed by atoms with Crippen LogP contribution in [-0.4, -0.2) is 26.8 Å². The molecule has 4 aromatic rings. The maximum Gasteiger partial charge on any atom is 0.234 e. The molecule has 0 bridgehead atoms. The van der Waals surface area contributed by atoms with Gasteiger partial charge in [-0.1, -0.05) is 48.2 Å². The molecule has 0 fully saturated rings. The van der Waals surface area contributed by atoms with Gasteiger partial charge in [-0.25, -0.2) is 0 Å². The number of nitrogens with one attached hydrogen (secondary N) is 1. The highest BCUT2D eigenvalue weighted by Gasteiger charge is 2.08. The van der Waals surface area contributed by atoms with Crippen LogP contribution < -0.4 is 5.32 Å². The Labute approximate surface area is 160 Å². The molecule has 0 aliphatic heterocycles. The molecule has 0 unspecified atom stereocenters. The summed E-state index contributed by atoms with van der Waals surface area (Å²) in [5.74, 6) is 0.198. The summed E-state index contributed by atoms with van der Waals surface area (Å²) in [6, 6.07) is 21.4. The largest absolute Gasteiger partial charge is 0.325 e. The van der Waals surface area contributed by atoms with Crippen molar-refractivity contribution in [1.82, 2.24) is 15.2 Å². The van der Waals surface area contributed by atoms with Crippen LogP contribution >= 0.6 is 11.8 Å². The highest BCUT2D eigenvalue weighted by atomic mass is 32.2. The first-order valence-electron chi connectivity index (χ1n) is 8.44. The fourth-order valence-corrected chi connectivity index (χ4v) is 3.35. The number of hydrogen-bond donors (Lipinski definition) is 1. The predicted molar refractivity (Wildman–Crippen MR) is 109 cm³/mol. The summed E-state index contributed by atoms with van der Waals surface area (Å²) in [6.45, 7) is 0. The van der Waals surface area contributed by atoms with Crippen LogP contribution in [0.5, 0.6) is 0 Å². The van der Waals surface area contributed by atoms with Gasteiger partial charge in [0.25, 0.3) is 0 Å². The van der Waals surface area contributed by atoms with E-state index in [9.17, 15) is 4.79 Å². The van der Waals surface area contributed by atoms with E-state index in [-0.39, 0.29) is 11.7 Å². The quantitative estimate of drug-likeness (QED) is 0.525. The minimum absolute atomic E-state index is 0.0728. The van der Waals surface area contributed by atoms with Gasteiger partial charge >= 0.3 is 0 Å². The SMILES string of the molecule is O=C(CSc1ccc(-c2ccncc2)nn1)Nc1cccc2ccccc12. The first-order valence-corrected chi connectivity index (χ1v) is 9.43. The fraction of sp³-hybridized carbons (Fsp3) is 0.0476. The summed E-state index contributed by atoms with van der Waals surface area (Å²) in [7, 11) is 0. The number of thioether (sulfide) groups is 1. The van der Waals surface area contributed by atoms with Gasteiger partial charge in [-0.15, -0.1) is 10.2 Å². The third-order valence-corrected chi connectivity index (χ3v) is 4.95. The Morgan fingerprint density at radius 2 is 1.70 bits per heavy atom. The number of carbonyl (C=O) groups excluding carboxylic acids is 1. The molecule has 0 aliphatic rings. The number of amides is 1. The number of carbonyl (C=O) groups is 1. The topological polar surface area (TPSA) is 67.8 Å². The molecule has 1 N–H and O–H groups in total. The van der Waals surface area contributed by atoms with Gasteiger partial charge in [0, 0.05) is 29.0 Å². The number of pyridine rings is 1.